The number of hydrogen-bond acceptors (Lipinski definition) is 5. The first-order chi connectivity index (χ1) is 14.4. The van der Waals surface area contributed by atoms with E-state index in [1.807, 2.05) is 38.1 Å². The number of methoxy groups -OCH3 is 1. The highest BCUT2D eigenvalue weighted by Gasteiger charge is 2.46. The van der Waals surface area contributed by atoms with Gasteiger partial charge < -0.3 is 19.5 Å². The fourth-order valence-electron chi connectivity index (χ4n) is 3.60. The number of ketones is 1. The summed E-state index contributed by atoms with van der Waals surface area (Å²) in [7, 11) is 1.53. The SMILES string of the molecule is CCOc1ccc(Cl)c(/C(O)=C2\C(=O)C(=O)N(CCOC)C2c2ccccc2C)c1. The molecule has 1 N–H and O–H groups in total. The summed E-state index contributed by atoms with van der Waals surface area (Å²) in [6.45, 7) is 4.65. The van der Waals surface area contributed by atoms with Crippen LogP contribution in [0, 0.1) is 6.92 Å². The quantitative estimate of drug-likeness (QED) is 0.407. The number of aliphatic hydroxyl groups is 1. The van der Waals surface area contributed by atoms with Crippen molar-refractivity contribution in [1.29, 1.82) is 0 Å². The first-order valence-electron chi connectivity index (χ1n) is 9.66. The van der Waals surface area contributed by atoms with Crippen molar-refractivity contribution >= 4 is 29.1 Å². The number of aryl methyl sites for hydroxylation is 1. The summed E-state index contributed by atoms with van der Waals surface area (Å²) in [5.41, 5.74) is 1.89. The minimum absolute atomic E-state index is 0.000881. The molecular weight excluding hydrogens is 406 g/mol. The molecule has 0 aromatic heterocycles. The average molecular weight is 430 g/mol. The number of amides is 1. The maximum Gasteiger partial charge on any atom is 0.295 e. The second kappa shape index (κ2) is 9.32. The van der Waals surface area contributed by atoms with Crippen LogP contribution in [0.25, 0.3) is 5.76 Å². The van der Waals surface area contributed by atoms with E-state index in [0.29, 0.717) is 12.4 Å². The summed E-state index contributed by atoms with van der Waals surface area (Å²) in [6.07, 6.45) is 0. The van der Waals surface area contributed by atoms with Gasteiger partial charge in [-0.05, 0) is 43.2 Å². The van der Waals surface area contributed by atoms with Crippen molar-refractivity contribution in [3.8, 4) is 5.75 Å². The number of Topliss-reactive ketones (excluding diaryl/α,β-unsaturated/α-hetero) is 1. The molecule has 2 aromatic rings. The minimum Gasteiger partial charge on any atom is -0.507 e. The molecule has 2 aromatic carbocycles. The third-order valence-corrected chi connectivity index (χ3v) is 5.39. The molecule has 1 amide bonds. The Hall–Kier alpha value is -2.83. The number of nitrogens with zero attached hydrogens (tertiary/aromatic N) is 1. The zero-order valence-electron chi connectivity index (χ0n) is 17.1. The zero-order chi connectivity index (χ0) is 21.8. The van der Waals surface area contributed by atoms with Crippen molar-refractivity contribution in [2.24, 2.45) is 0 Å². The van der Waals surface area contributed by atoms with Crippen molar-refractivity contribution in [2.45, 2.75) is 19.9 Å². The number of hydrogen-bond donors (Lipinski definition) is 1. The number of benzene rings is 2. The molecule has 0 radical (unpaired) electrons. The Morgan fingerprint density at radius 3 is 2.60 bits per heavy atom. The van der Waals surface area contributed by atoms with Crippen LogP contribution >= 0.6 is 11.6 Å². The fourth-order valence-corrected chi connectivity index (χ4v) is 3.81. The van der Waals surface area contributed by atoms with Crippen LogP contribution in [0.4, 0.5) is 0 Å². The molecule has 0 spiro atoms. The van der Waals surface area contributed by atoms with Gasteiger partial charge >= 0.3 is 0 Å². The topological polar surface area (TPSA) is 76.1 Å². The van der Waals surface area contributed by atoms with Gasteiger partial charge in [0.25, 0.3) is 11.7 Å². The highest BCUT2D eigenvalue weighted by atomic mass is 35.5. The molecule has 1 saturated heterocycles. The average Bonchev–Trinajstić information content (AvgIpc) is 2.98. The summed E-state index contributed by atoms with van der Waals surface area (Å²) < 4.78 is 10.6. The number of likely N-dealkylation sites (tertiary alicyclic amines) is 1. The largest absolute Gasteiger partial charge is 0.507 e. The molecule has 1 aliphatic heterocycles. The van der Waals surface area contributed by atoms with Gasteiger partial charge in [-0.3, -0.25) is 9.59 Å². The van der Waals surface area contributed by atoms with Crippen LogP contribution in [0.2, 0.25) is 5.02 Å². The van der Waals surface area contributed by atoms with E-state index in [-0.39, 0.29) is 35.1 Å². The van der Waals surface area contributed by atoms with Crippen LogP contribution in [0.15, 0.2) is 48.0 Å². The van der Waals surface area contributed by atoms with Crippen LogP contribution in [0.3, 0.4) is 0 Å². The molecule has 1 fully saturated rings. The lowest BCUT2D eigenvalue weighted by atomic mass is 9.92. The van der Waals surface area contributed by atoms with E-state index in [0.717, 1.165) is 11.1 Å². The third-order valence-electron chi connectivity index (χ3n) is 5.06. The van der Waals surface area contributed by atoms with E-state index >= 15 is 0 Å². The smallest absolute Gasteiger partial charge is 0.295 e. The lowest BCUT2D eigenvalue weighted by Crippen LogP contribution is -2.32. The number of halogens is 1. The monoisotopic (exact) mass is 429 g/mol. The molecule has 1 atom stereocenters. The fraction of sp³-hybridized carbons (Fsp3) is 0.304. The lowest BCUT2D eigenvalue weighted by Gasteiger charge is -2.26. The summed E-state index contributed by atoms with van der Waals surface area (Å²) in [4.78, 5) is 27.2. The molecule has 0 bridgehead atoms. The van der Waals surface area contributed by atoms with Crippen LogP contribution < -0.4 is 4.74 Å². The van der Waals surface area contributed by atoms with Gasteiger partial charge in [0.05, 0.1) is 29.9 Å². The van der Waals surface area contributed by atoms with E-state index in [9.17, 15) is 14.7 Å². The van der Waals surface area contributed by atoms with Gasteiger partial charge in [-0.25, -0.2) is 0 Å². The second-order valence-corrected chi connectivity index (χ2v) is 7.32. The number of carbonyl (C=O) groups excluding carboxylic acids is 2. The van der Waals surface area contributed by atoms with E-state index in [1.165, 1.54) is 12.0 Å². The predicted octanol–water partition coefficient (Wildman–Crippen LogP) is 4.12. The van der Waals surface area contributed by atoms with Crippen LogP contribution in [-0.2, 0) is 14.3 Å². The summed E-state index contributed by atoms with van der Waals surface area (Å²) in [5, 5.41) is 11.4. The molecular formula is C23H24ClNO5. The molecule has 0 saturated carbocycles. The first-order valence-corrected chi connectivity index (χ1v) is 10.0. The Morgan fingerprint density at radius 1 is 1.20 bits per heavy atom. The van der Waals surface area contributed by atoms with Gasteiger partial charge in [-0.1, -0.05) is 35.9 Å². The van der Waals surface area contributed by atoms with E-state index in [1.54, 1.807) is 18.2 Å². The predicted molar refractivity (Wildman–Crippen MR) is 115 cm³/mol. The Labute approximate surface area is 180 Å². The Balaban J connectivity index is 2.21. The van der Waals surface area contributed by atoms with E-state index < -0.39 is 17.7 Å². The zero-order valence-corrected chi connectivity index (χ0v) is 17.9. The highest BCUT2D eigenvalue weighted by Crippen LogP contribution is 2.41. The van der Waals surface area contributed by atoms with Crippen molar-refractivity contribution in [1.82, 2.24) is 4.90 Å². The molecule has 0 aliphatic carbocycles. The highest BCUT2D eigenvalue weighted by molar-refractivity contribution is 6.47. The second-order valence-electron chi connectivity index (χ2n) is 6.92. The van der Waals surface area contributed by atoms with Gasteiger partial charge in [0.15, 0.2) is 0 Å². The molecule has 30 heavy (non-hydrogen) atoms. The Morgan fingerprint density at radius 2 is 1.93 bits per heavy atom. The molecule has 3 rings (SSSR count). The molecule has 1 heterocycles. The molecule has 1 aliphatic rings. The van der Waals surface area contributed by atoms with Crippen molar-refractivity contribution in [3.63, 3.8) is 0 Å². The van der Waals surface area contributed by atoms with Crippen LogP contribution in [-0.4, -0.2) is 48.6 Å². The lowest BCUT2D eigenvalue weighted by molar-refractivity contribution is -0.140. The number of carbonyl (C=O) groups is 2. The standard InChI is InChI=1S/C23H24ClNO5/c1-4-30-15-9-10-18(24)17(13-15)21(26)19-20(16-8-6-5-7-14(16)2)25(11-12-29-3)23(28)22(19)27/h5-10,13,20,26H,4,11-12H2,1-3H3/b21-19+. The number of rotatable bonds is 7. The molecule has 7 heteroatoms. The molecule has 158 valence electrons. The van der Waals surface area contributed by atoms with Gasteiger partial charge in [-0.2, -0.15) is 0 Å². The summed E-state index contributed by atoms with van der Waals surface area (Å²) >= 11 is 6.32. The van der Waals surface area contributed by atoms with Gasteiger partial charge in [0, 0.05) is 19.2 Å². The Kier molecular flexibility index (Phi) is 6.80. The number of ether oxygens (including phenoxy) is 2. The Bertz CT molecular complexity index is 1000. The van der Waals surface area contributed by atoms with Crippen molar-refractivity contribution in [3.05, 3.63) is 69.8 Å². The van der Waals surface area contributed by atoms with Gasteiger partial charge in [0.2, 0.25) is 0 Å². The summed E-state index contributed by atoms with van der Waals surface area (Å²) in [6, 6.07) is 11.5. The summed E-state index contributed by atoms with van der Waals surface area (Å²) in [5.74, 6) is -1.26. The van der Waals surface area contributed by atoms with Gasteiger partial charge in [0.1, 0.15) is 11.5 Å². The molecule has 1 unspecified atom stereocenters. The van der Waals surface area contributed by atoms with Crippen molar-refractivity contribution < 1.29 is 24.2 Å². The van der Waals surface area contributed by atoms with Crippen LogP contribution in [0.1, 0.15) is 29.7 Å². The maximum atomic E-state index is 13.0. The third kappa shape index (κ3) is 4.06. The van der Waals surface area contributed by atoms with Crippen LogP contribution in [0.5, 0.6) is 5.75 Å². The molecule has 6 nitrogen and oxygen atoms in total. The number of aliphatic hydroxyl groups excluding tert-OH is 1. The van der Waals surface area contributed by atoms with Gasteiger partial charge in [-0.15, -0.1) is 0 Å². The minimum atomic E-state index is -0.755. The van der Waals surface area contributed by atoms with Crippen molar-refractivity contribution in [2.75, 3.05) is 26.9 Å². The van der Waals surface area contributed by atoms with E-state index in [4.69, 9.17) is 21.1 Å². The maximum absolute atomic E-state index is 13.0. The van der Waals surface area contributed by atoms with E-state index in [2.05, 4.69) is 0 Å². The first kappa shape index (κ1) is 21.9. The normalized spacial score (nSPS) is 18.1.